The van der Waals surface area contributed by atoms with Crippen molar-refractivity contribution in [3.8, 4) is 0 Å². The van der Waals surface area contributed by atoms with Gasteiger partial charge in [-0.15, -0.1) is 0 Å². The second-order valence-electron chi connectivity index (χ2n) is 15.5. The number of ether oxygens (including phenoxy) is 3. The normalized spacial score (nSPS) is 36.6. The van der Waals surface area contributed by atoms with E-state index in [4.69, 9.17) is 19.3 Å². The maximum Gasteiger partial charge on any atom is 0.220 e. The first-order valence-corrected chi connectivity index (χ1v) is 18.2. The Bertz CT molecular complexity index is 968. The van der Waals surface area contributed by atoms with Gasteiger partial charge in [0.2, 0.25) is 11.8 Å². The van der Waals surface area contributed by atoms with Crippen molar-refractivity contribution in [3.63, 3.8) is 0 Å². The summed E-state index contributed by atoms with van der Waals surface area (Å²) in [5, 5.41) is 36.2. The number of carbonyl (C=O) groups is 2. The minimum absolute atomic E-state index is 0.0674. The van der Waals surface area contributed by atoms with Crippen LogP contribution in [0.3, 0.4) is 0 Å². The molecule has 4 rings (SSSR count). The topological polar surface area (TPSA) is 147 Å². The quantitative estimate of drug-likeness (QED) is 0.142. The maximum atomic E-state index is 12.6. The van der Waals surface area contributed by atoms with E-state index in [0.717, 1.165) is 32.1 Å². The number of amides is 2. The molecule has 266 valence electrons. The predicted molar refractivity (Wildman–Crippen MR) is 176 cm³/mol. The monoisotopic (exact) mass is 652 g/mol. The van der Waals surface area contributed by atoms with Crippen molar-refractivity contribution in [2.75, 3.05) is 52.7 Å². The van der Waals surface area contributed by atoms with Crippen LogP contribution in [0.1, 0.15) is 98.3 Å². The molecule has 4 aliphatic carbocycles. The molecule has 0 bridgehead atoms. The highest BCUT2D eigenvalue weighted by atomic mass is 16.5. The molecular weight excluding hydrogens is 588 g/mol. The van der Waals surface area contributed by atoms with Gasteiger partial charge >= 0.3 is 0 Å². The van der Waals surface area contributed by atoms with E-state index in [1.165, 1.54) is 32.6 Å². The zero-order valence-corrected chi connectivity index (χ0v) is 29.0. The third kappa shape index (κ3) is 9.23. The number of hydrogen-bond acceptors (Lipinski definition) is 8. The highest BCUT2D eigenvalue weighted by molar-refractivity contribution is 5.75. The van der Waals surface area contributed by atoms with Crippen LogP contribution in [0, 0.1) is 46.3 Å². The Labute approximate surface area is 277 Å². The van der Waals surface area contributed by atoms with Crippen molar-refractivity contribution in [1.82, 2.24) is 10.6 Å². The lowest BCUT2D eigenvalue weighted by Gasteiger charge is -2.62. The fourth-order valence-corrected chi connectivity index (χ4v) is 10.3. The second-order valence-corrected chi connectivity index (χ2v) is 15.5. The molecule has 4 fully saturated rings. The van der Waals surface area contributed by atoms with Crippen molar-refractivity contribution >= 4 is 11.8 Å². The molecule has 46 heavy (non-hydrogen) atoms. The summed E-state index contributed by atoms with van der Waals surface area (Å²) in [5.74, 6) is 2.97. The van der Waals surface area contributed by atoms with E-state index in [0.29, 0.717) is 94.5 Å². The van der Waals surface area contributed by atoms with Gasteiger partial charge in [0.05, 0.1) is 51.3 Å². The van der Waals surface area contributed by atoms with Gasteiger partial charge in [-0.1, -0.05) is 20.8 Å². The molecule has 10 heteroatoms. The van der Waals surface area contributed by atoms with E-state index in [1.54, 1.807) is 0 Å². The van der Waals surface area contributed by atoms with Crippen LogP contribution in [0.5, 0.6) is 0 Å². The molecule has 0 aromatic heterocycles. The van der Waals surface area contributed by atoms with Crippen molar-refractivity contribution in [2.24, 2.45) is 46.3 Å². The van der Waals surface area contributed by atoms with E-state index in [9.17, 15) is 19.8 Å². The minimum atomic E-state index is -0.713. The summed E-state index contributed by atoms with van der Waals surface area (Å²) in [7, 11) is 0. The average molecular weight is 653 g/mol. The first kappa shape index (κ1) is 37.5. The zero-order chi connectivity index (χ0) is 33.3. The standard InChI is InChI=1S/C36H64N2O8/c1-24(5-8-33(43)38-15-18-45-20-19-44-17-14-37-25(2)40)29-6-7-30-34-31(10-13-36(29,30)4)35(3)12-9-28(21-26(35)22-32(34)42)46-16-11-27(41)23-39/h24,26-32,34,39,41-42H,5-23H2,1-4H3,(H,37,40)(H,38,43)/t24-,26?,27+,28?,29?,30?,31?,32?,34?,35?,36?/m1/s1. The molecule has 9 unspecified atom stereocenters. The number of fused-ring (bicyclic) bond motifs is 5. The Kier molecular flexibility index (Phi) is 14.2. The molecule has 4 saturated carbocycles. The first-order valence-electron chi connectivity index (χ1n) is 18.2. The smallest absolute Gasteiger partial charge is 0.220 e. The maximum absolute atomic E-state index is 12.6. The molecule has 11 atom stereocenters. The minimum Gasteiger partial charge on any atom is -0.394 e. The van der Waals surface area contributed by atoms with Gasteiger partial charge in [0.15, 0.2) is 0 Å². The van der Waals surface area contributed by atoms with E-state index >= 15 is 0 Å². The molecule has 10 nitrogen and oxygen atoms in total. The second kappa shape index (κ2) is 17.4. The van der Waals surface area contributed by atoms with E-state index in [2.05, 4.69) is 31.4 Å². The summed E-state index contributed by atoms with van der Waals surface area (Å²) in [4.78, 5) is 23.5. The Hall–Kier alpha value is -1.30. The van der Waals surface area contributed by atoms with Crippen molar-refractivity contribution in [1.29, 1.82) is 0 Å². The summed E-state index contributed by atoms with van der Waals surface area (Å²) in [5.41, 5.74) is 0.453. The fourth-order valence-electron chi connectivity index (χ4n) is 10.3. The van der Waals surface area contributed by atoms with E-state index in [1.807, 2.05) is 0 Å². The summed E-state index contributed by atoms with van der Waals surface area (Å²) in [6, 6.07) is 0. The van der Waals surface area contributed by atoms with E-state index < -0.39 is 6.10 Å². The van der Waals surface area contributed by atoms with Gasteiger partial charge in [-0.3, -0.25) is 9.59 Å². The van der Waals surface area contributed by atoms with Crippen LogP contribution < -0.4 is 10.6 Å². The van der Waals surface area contributed by atoms with Crippen molar-refractivity contribution in [2.45, 2.75) is 117 Å². The highest BCUT2D eigenvalue weighted by Gasteiger charge is 2.62. The van der Waals surface area contributed by atoms with Gasteiger partial charge in [-0.25, -0.2) is 0 Å². The van der Waals surface area contributed by atoms with Gasteiger partial charge < -0.3 is 40.2 Å². The van der Waals surface area contributed by atoms with Gasteiger partial charge in [-0.05, 0) is 111 Å². The zero-order valence-electron chi connectivity index (χ0n) is 29.0. The molecule has 0 aliphatic heterocycles. The molecule has 4 aliphatic rings. The molecule has 0 heterocycles. The molecule has 0 spiro atoms. The Balaban J connectivity index is 1.19. The van der Waals surface area contributed by atoms with E-state index in [-0.39, 0.29) is 41.5 Å². The molecule has 5 N–H and O–H groups in total. The summed E-state index contributed by atoms with van der Waals surface area (Å²) >= 11 is 0. The number of aliphatic hydroxyl groups is 3. The Morgan fingerprint density at radius 2 is 1.54 bits per heavy atom. The molecule has 0 aromatic rings. The first-order chi connectivity index (χ1) is 22.0. The number of carbonyl (C=O) groups excluding carboxylic acids is 2. The van der Waals surface area contributed by atoms with Gasteiger partial charge in [0.25, 0.3) is 0 Å². The lowest BCUT2D eigenvalue weighted by molar-refractivity contribution is -0.178. The lowest BCUT2D eigenvalue weighted by atomic mass is 9.43. The van der Waals surface area contributed by atoms with Crippen LogP contribution in [-0.4, -0.2) is 98.2 Å². The average Bonchev–Trinajstić information content (AvgIpc) is 3.38. The van der Waals surface area contributed by atoms with Crippen molar-refractivity contribution < 1.29 is 39.1 Å². The largest absolute Gasteiger partial charge is 0.394 e. The predicted octanol–water partition coefficient (Wildman–Crippen LogP) is 3.45. The van der Waals surface area contributed by atoms with Crippen LogP contribution in [0.2, 0.25) is 0 Å². The van der Waals surface area contributed by atoms with Crippen LogP contribution in [0.25, 0.3) is 0 Å². The van der Waals surface area contributed by atoms with Crippen LogP contribution in [0.4, 0.5) is 0 Å². The Morgan fingerprint density at radius 3 is 2.24 bits per heavy atom. The molecule has 2 amide bonds. The molecule has 0 saturated heterocycles. The molecule has 0 radical (unpaired) electrons. The van der Waals surface area contributed by atoms with Gasteiger partial charge in [0, 0.05) is 33.0 Å². The molecular formula is C36H64N2O8. The summed E-state index contributed by atoms with van der Waals surface area (Å²) in [6.45, 7) is 11.9. The third-order valence-corrected chi connectivity index (χ3v) is 12.8. The number of rotatable bonds is 18. The number of hydrogen-bond donors (Lipinski definition) is 5. The number of aliphatic hydroxyl groups excluding tert-OH is 3. The Morgan fingerprint density at radius 1 is 0.870 bits per heavy atom. The lowest BCUT2D eigenvalue weighted by Crippen LogP contribution is -2.58. The highest BCUT2D eigenvalue weighted by Crippen LogP contribution is 2.68. The fraction of sp³-hybridized carbons (Fsp3) is 0.944. The number of nitrogens with one attached hydrogen (secondary N) is 2. The van der Waals surface area contributed by atoms with Crippen LogP contribution in [0.15, 0.2) is 0 Å². The summed E-state index contributed by atoms with van der Waals surface area (Å²) in [6.07, 6.45) is 9.85. The SMILES string of the molecule is CC(=O)NCCOCCOCCNC(=O)CC[C@@H](C)C1CCC2C3C(O)CC4CC(OCC[C@H](O)CO)CCC4(C)C3CCC21C. The van der Waals surface area contributed by atoms with Gasteiger partial charge in [0.1, 0.15) is 0 Å². The van der Waals surface area contributed by atoms with Crippen LogP contribution >= 0.6 is 0 Å². The molecule has 0 aromatic carbocycles. The van der Waals surface area contributed by atoms with Gasteiger partial charge in [-0.2, -0.15) is 0 Å². The van der Waals surface area contributed by atoms with Crippen LogP contribution in [-0.2, 0) is 23.8 Å². The third-order valence-electron chi connectivity index (χ3n) is 12.8. The summed E-state index contributed by atoms with van der Waals surface area (Å²) < 4.78 is 17.1. The van der Waals surface area contributed by atoms with Crippen molar-refractivity contribution in [3.05, 3.63) is 0 Å².